The van der Waals surface area contributed by atoms with Crippen molar-refractivity contribution >= 4 is 5.97 Å². The Bertz CT molecular complexity index is 335. The summed E-state index contributed by atoms with van der Waals surface area (Å²) in [5.41, 5.74) is 0. The fourth-order valence-corrected chi connectivity index (χ4v) is 1.65. The number of ether oxygens (including phenoxy) is 1. The molecule has 0 N–H and O–H groups in total. The van der Waals surface area contributed by atoms with Crippen molar-refractivity contribution in [2.24, 2.45) is 0 Å². The lowest BCUT2D eigenvalue weighted by Crippen LogP contribution is -1.88. The SMILES string of the molecule is CCCCCCCCC=CC=CC=CC=COC(C)=O. The summed E-state index contributed by atoms with van der Waals surface area (Å²) in [7, 11) is 0. The van der Waals surface area contributed by atoms with Crippen molar-refractivity contribution in [3.8, 4) is 0 Å². The van der Waals surface area contributed by atoms with Gasteiger partial charge < -0.3 is 4.74 Å². The van der Waals surface area contributed by atoms with E-state index in [4.69, 9.17) is 0 Å². The van der Waals surface area contributed by atoms with Gasteiger partial charge in [0.25, 0.3) is 0 Å². The van der Waals surface area contributed by atoms with Gasteiger partial charge in [0.15, 0.2) is 0 Å². The smallest absolute Gasteiger partial charge is 0.307 e. The predicted octanol–water partition coefficient (Wildman–Crippen LogP) is 5.48. The molecule has 0 amide bonds. The van der Waals surface area contributed by atoms with Crippen molar-refractivity contribution < 1.29 is 9.53 Å². The number of esters is 1. The van der Waals surface area contributed by atoms with E-state index in [9.17, 15) is 4.79 Å². The molecule has 0 fully saturated rings. The molecule has 0 aliphatic heterocycles. The molecule has 0 heterocycles. The molecule has 0 radical (unpaired) electrons. The number of unbranched alkanes of at least 4 members (excludes halogenated alkanes) is 6. The van der Waals surface area contributed by atoms with Gasteiger partial charge in [0.2, 0.25) is 0 Å². The Morgan fingerprint density at radius 2 is 1.45 bits per heavy atom. The summed E-state index contributed by atoms with van der Waals surface area (Å²) in [4.78, 5) is 10.5. The molecular weight excluding hydrogens is 248 g/mol. The van der Waals surface area contributed by atoms with E-state index in [1.165, 1.54) is 51.7 Å². The zero-order valence-corrected chi connectivity index (χ0v) is 12.9. The van der Waals surface area contributed by atoms with Crippen molar-refractivity contribution in [2.45, 2.75) is 58.8 Å². The van der Waals surface area contributed by atoms with Crippen molar-refractivity contribution in [1.29, 1.82) is 0 Å². The molecule has 0 aromatic heterocycles. The van der Waals surface area contributed by atoms with Crippen LogP contribution in [0.5, 0.6) is 0 Å². The van der Waals surface area contributed by atoms with Gasteiger partial charge in [0, 0.05) is 6.92 Å². The number of allylic oxidation sites excluding steroid dienone is 7. The minimum atomic E-state index is -0.303. The first-order valence-corrected chi connectivity index (χ1v) is 7.59. The highest BCUT2D eigenvalue weighted by molar-refractivity contribution is 5.66. The van der Waals surface area contributed by atoms with Crippen LogP contribution < -0.4 is 0 Å². The fourth-order valence-electron chi connectivity index (χ4n) is 1.65. The third-order valence-electron chi connectivity index (χ3n) is 2.73. The maximum atomic E-state index is 10.5. The van der Waals surface area contributed by atoms with Crippen LogP contribution in [-0.4, -0.2) is 5.97 Å². The summed E-state index contributed by atoms with van der Waals surface area (Å²) in [5, 5.41) is 0. The Morgan fingerprint density at radius 1 is 0.850 bits per heavy atom. The summed E-state index contributed by atoms with van der Waals surface area (Å²) in [5.74, 6) is -0.303. The van der Waals surface area contributed by atoms with E-state index >= 15 is 0 Å². The second-order valence-corrected chi connectivity index (χ2v) is 4.69. The van der Waals surface area contributed by atoms with Crippen LogP contribution in [0, 0.1) is 0 Å². The minimum Gasteiger partial charge on any atom is -0.435 e. The molecule has 0 saturated heterocycles. The van der Waals surface area contributed by atoms with Gasteiger partial charge in [-0.2, -0.15) is 0 Å². The largest absolute Gasteiger partial charge is 0.435 e. The van der Waals surface area contributed by atoms with E-state index in [1.807, 2.05) is 24.3 Å². The maximum Gasteiger partial charge on any atom is 0.307 e. The normalized spacial score (nSPS) is 12.3. The summed E-state index contributed by atoms with van der Waals surface area (Å²) >= 11 is 0. The Hall–Kier alpha value is -1.57. The molecular formula is C18H28O2. The van der Waals surface area contributed by atoms with Gasteiger partial charge in [0.05, 0.1) is 6.26 Å². The number of hydrogen-bond acceptors (Lipinski definition) is 2. The van der Waals surface area contributed by atoms with Crippen LogP contribution in [0.25, 0.3) is 0 Å². The molecule has 0 aliphatic carbocycles. The highest BCUT2D eigenvalue weighted by atomic mass is 16.5. The lowest BCUT2D eigenvalue weighted by molar-refractivity contribution is -0.135. The summed E-state index contributed by atoms with van der Waals surface area (Å²) in [6.45, 7) is 3.62. The third kappa shape index (κ3) is 16.4. The fraction of sp³-hybridized carbons (Fsp3) is 0.500. The molecule has 0 aliphatic rings. The number of carbonyl (C=O) groups is 1. The van der Waals surface area contributed by atoms with Gasteiger partial charge in [-0.3, -0.25) is 4.79 Å². The number of rotatable bonds is 11. The van der Waals surface area contributed by atoms with Crippen LogP contribution in [-0.2, 0) is 9.53 Å². The zero-order chi connectivity index (χ0) is 14.9. The molecule has 0 atom stereocenters. The molecule has 112 valence electrons. The van der Waals surface area contributed by atoms with Gasteiger partial charge in [-0.1, -0.05) is 75.5 Å². The van der Waals surface area contributed by atoms with Crippen molar-refractivity contribution in [3.63, 3.8) is 0 Å². The van der Waals surface area contributed by atoms with Crippen molar-refractivity contribution in [2.75, 3.05) is 0 Å². The molecule has 0 saturated carbocycles. The van der Waals surface area contributed by atoms with Crippen LogP contribution in [0.4, 0.5) is 0 Å². The van der Waals surface area contributed by atoms with Gasteiger partial charge in [-0.25, -0.2) is 0 Å². The van der Waals surface area contributed by atoms with E-state index in [1.54, 1.807) is 6.08 Å². The third-order valence-corrected chi connectivity index (χ3v) is 2.73. The maximum absolute atomic E-state index is 10.5. The van der Waals surface area contributed by atoms with Crippen LogP contribution in [0.3, 0.4) is 0 Å². The Kier molecular flexibility index (Phi) is 14.3. The van der Waals surface area contributed by atoms with E-state index in [0.29, 0.717) is 0 Å². The Labute approximate surface area is 123 Å². The van der Waals surface area contributed by atoms with E-state index < -0.39 is 0 Å². The van der Waals surface area contributed by atoms with Gasteiger partial charge in [0.1, 0.15) is 0 Å². The molecule has 2 nitrogen and oxygen atoms in total. The number of carbonyl (C=O) groups excluding carboxylic acids is 1. The monoisotopic (exact) mass is 276 g/mol. The van der Waals surface area contributed by atoms with Crippen LogP contribution in [0.1, 0.15) is 58.8 Å². The quantitative estimate of drug-likeness (QED) is 0.216. The van der Waals surface area contributed by atoms with Gasteiger partial charge in [-0.05, 0) is 18.9 Å². The molecule has 0 unspecified atom stereocenters. The zero-order valence-electron chi connectivity index (χ0n) is 12.9. The first-order valence-electron chi connectivity index (χ1n) is 7.59. The van der Waals surface area contributed by atoms with Gasteiger partial charge in [-0.15, -0.1) is 0 Å². The van der Waals surface area contributed by atoms with Crippen LogP contribution >= 0.6 is 0 Å². The van der Waals surface area contributed by atoms with Crippen LogP contribution in [0.15, 0.2) is 48.8 Å². The molecule has 0 aromatic carbocycles. The summed E-state index contributed by atoms with van der Waals surface area (Å²) in [6.07, 6.45) is 24.2. The van der Waals surface area contributed by atoms with Crippen molar-refractivity contribution in [3.05, 3.63) is 48.8 Å². The molecule has 0 bridgehead atoms. The predicted molar refractivity (Wildman–Crippen MR) is 86.3 cm³/mol. The standard InChI is InChI=1S/C18H28O2/c1-3-4-5-6-7-8-9-10-11-12-13-14-15-16-17-20-18(2)19/h10-17H,3-9H2,1-2H3. The Morgan fingerprint density at radius 3 is 2.15 bits per heavy atom. The molecule has 0 spiro atoms. The van der Waals surface area contributed by atoms with Gasteiger partial charge >= 0.3 is 5.97 Å². The minimum absolute atomic E-state index is 0.303. The van der Waals surface area contributed by atoms with Crippen LogP contribution in [0.2, 0.25) is 0 Å². The highest BCUT2D eigenvalue weighted by Gasteiger charge is 1.87. The highest BCUT2D eigenvalue weighted by Crippen LogP contribution is 2.07. The first kappa shape index (κ1) is 18.4. The van der Waals surface area contributed by atoms with E-state index in [2.05, 4.69) is 23.8 Å². The molecule has 2 heteroatoms. The molecule has 0 aromatic rings. The molecule has 0 rings (SSSR count). The van der Waals surface area contributed by atoms with E-state index in [0.717, 1.165) is 6.42 Å². The first-order chi connectivity index (χ1) is 9.77. The average molecular weight is 276 g/mol. The van der Waals surface area contributed by atoms with Crippen molar-refractivity contribution in [1.82, 2.24) is 0 Å². The Balaban J connectivity index is 3.45. The summed E-state index contributed by atoms with van der Waals surface area (Å²) < 4.78 is 4.64. The number of hydrogen-bond donors (Lipinski definition) is 0. The topological polar surface area (TPSA) is 26.3 Å². The average Bonchev–Trinajstić information content (AvgIpc) is 2.43. The summed E-state index contributed by atoms with van der Waals surface area (Å²) in [6, 6.07) is 0. The molecule has 20 heavy (non-hydrogen) atoms. The second-order valence-electron chi connectivity index (χ2n) is 4.69. The lowest BCUT2D eigenvalue weighted by Gasteiger charge is -1.97. The van der Waals surface area contributed by atoms with E-state index in [-0.39, 0.29) is 5.97 Å². The lowest BCUT2D eigenvalue weighted by atomic mass is 10.1. The second kappa shape index (κ2) is 15.5.